The molecule has 26 heavy (non-hydrogen) atoms. The topological polar surface area (TPSA) is 52.6 Å². The average molecular weight is 393 g/mol. The van der Waals surface area contributed by atoms with Crippen molar-refractivity contribution in [3.8, 4) is 0 Å². The molecule has 6 heteroatoms. The van der Waals surface area contributed by atoms with E-state index >= 15 is 0 Å². The second-order valence-corrected chi connectivity index (χ2v) is 13.5. The van der Waals surface area contributed by atoms with Gasteiger partial charge >= 0.3 is 0 Å². The normalized spacial score (nSPS) is 14.2. The zero-order valence-corrected chi connectivity index (χ0v) is 17.9. The van der Waals surface area contributed by atoms with Crippen LogP contribution in [0.25, 0.3) is 0 Å². The highest BCUT2D eigenvalue weighted by Crippen LogP contribution is 2.36. The molecule has 142 valence electrons. The van der Waals surface area contributed by atoms with Crippen LogP contribution >= 0.6 is 0 Å². The highest BCUT2D eigenvalue weighted by atomic mass is 32.2. The summed E-state index contributed by atoms with van der Waals surface area (Å²) in [5.74, 6) is 0. The highest BCUT2D eigenvalue weighted by Gasteiger charge is 2.50. The van der Waals surface area contributed by atoms with E-state index in [4.69, 9.17) is 8.61 Å². The molecule has 0 saturated heterocycles. The van der Waals surface area contributed by atoms with Crippen LogP contribution in [-0.2, 0) is 18.7 Å². The molecule has 4 nitrogen and oxygen atoms in total. The van der Waals surface area contributed by atoms with Gasteiger partial charge in [-0.15, -0.1) is 0 Å². The number of rotatable bonds is 7. The summed E-state index contributed by atoms with van der Waals surface area (Å²) in [6, 6.07) is 20.5. The van der Waals surface area contributed by atoms with Gasteiger partial charge in [0.1, 0.15) is 0 Å². The number of benzene rings is 2. The van der Waals surface area contributed by atoms with E-state index in [0.717, 1.165) is 16.6 Å². The standard InChI is InChI=1S/C20H28O4SSi/c1-17(24-25(5,21)22)16-23-26(20(2,3)4,18-12-8-6-9-13-18)19-14-10-7-11-15-19/h6-15,17H,16H2,1-5H3/t17-/m0/s1. The highest BCUT2D eigenvalue weighted by molar-refractivity contribution is 7.86. The third-order valence-electron chi connectivity index (χ3n) is 4.29. The van der Waals surface area contributed by atoms with E-state index in [1.165, 1.54) is 0 Å². The fraction of sp³-hybridized carbons (Fsp3) is 0.400. The maximum atomic E-state index is 11.4. The summed E-state index contributed by atoms with van der Waals surface area (Å²) < 4.78 is 34.6. The molecule has 0 bridgehead atoms. The van der Waals surface area contributed by atoms with Gasteiger partial charge in [-0.05, 0) is 22.3 Å². The molecular formula is C20H28O4SSi. The Morgan fingerprint density at radius 3 is 1.69 bits per heavy atom. The second kappa shape index (κ2) is 8.04. The minimum Gasteiger partial charge on any atom is -0.405 e. The lowest BCUT2D eigenvalue weighted by molar-refractivity contribution is 0.143. The van der Waals surface area contributed by atoms with Crippen LogP contribution in [0.2, 0.25) is 5.04 Å². The van der Waals surface area contributed by atoms with Crippen LogP contribution in [-0.4, -0.2) is 35.7 Å². The molecule has 0 amide bonds. The van der Waals surface area contributed by atoms with Crippen LogP contribution in [0.4, 0.5) is 0 Å². The van der Waals surface area contributed by atoms with Gasteiger partial charge < -0.3 is 4.43 Å². The molecule has 2 aromatic rings. The lowest BCUT2D eigenvalue weighted by Crippen LogP contribution is -2.67. The molecule has 0 fully saturated rings. The molecule has 0 aliphatic heterocycles. The quantitative estimate of drug-likeness (QED) is 0.537. The molecular weight excluding hydrogens is 364 g/mol. The summed E-state index contributed by atoms with van der Waals surface area (Å²) in [6.07, 6.45) is 0.512. The molecule has 0 aromatic heterocycles. The molecule has 2 rings (SSSR count). The van der Waals surface area contributed by atoms with Crippen molar-refractivity contribution in [1.29, 1.82) is 0 Å². The molecule has 2 aromatic carbocycles. The first-order valence-electron chi connectivity index (χ1n) is 8.69. The Kier molecular flexibility index (Phi) is 6.45. The lowest BCUT2D eigenvalue weighted by Gasteiger charge is -2.43. The maximum absolute atomic E-state index is 11.4. The van der Waals surface area contributed by atoms with E-state index in [9.17, 15) is 8.42 Å². The molecule has 0 spiro atoms. The van der Waals surface area contributed by atoms with Crippen molar-refractivity contribution in [3.05, 3.63) is 60.7 Å². The van der Waals surface area contributed by atoms with Crippen molar-refractivity contribution >= 4 is 28.8 Å². The van der Waals surface area contributed by atoms with E-state index < -0.39 is 24.5 Å². The monoisotopic (exact) mass is 392 g/mol. The molecule has 0 heterocycles. The van der Waals surface area contributed by atoms with Crippen LogP contribution in [0.1, 0.15) is 27.7 Å². The largest absolute Gasteiger partial charge is 0.405 e. The fourth-order valence-corrected chi connectivity index (χ4v) is 8.62. The van der Waals surface area contributed by atoms with Crippen LogP contribution in [0.5, 0.6) is 0 Å². The smallest absolute Gasteiger partial charge is 0.264 e. The Morgan fingerprint density at radius 1 is 0.923 bits per heavy atom. The molecule has 0 saturated carbocycles. The second-order valence-electron chi connectivity index (χ2n) is 7.59. The van der Waals surface area contributed by atoms with Crippen molar-refractivity contribution in [3.63, 3.8) is 0 Å². The Bertz CT molecular complexity index is 759. The van der Waals surface area contributed by atoms with Gasteiger partial charge in [-0.25, -0.2) is 0 Å². The van der Waals surface area contributed by atoms with E-state index in [1.807, 2.05) is 36.4 Å². The van der Waals surface area contributed by atoms with Crippen molar-refractivity contribution < 1.29 is 17.0 Å². The van der Waals surface area contributed by atoms with Gasteiger partial charge in [-0.2, -0.15) is 8.42 Å². The van der Waals surface area contributed by atoms with Gasteiger partial charge in [0, 0.05) is 0 Å². The first-order valence-corrected chi connectivity index (χ1v) is 12.4. The zero-order chi connectivity index (χ0) is 19.4. The van der Waals surface area contributed by atoms with Gasteiger partial charge in [0.05, 0.1) is 19.0 Å². The summed E-state index contributed by atoms with van der Waals surface area (Å²) >= 11 is 0. The minimum atomic E-state index is -3.52. The maximum Gasteiger partial charge on any atom is 0.264 e. The first kappa shape index (κ1) is 20.8. The van der Waals surface area contributed by atoms with Crippen molar-refractivity contribution in [2.45, 2.75) is 38.8 Å². The van der Waals surface area contributed by atoms with Gasteiger partial charge in [-0.3, -0.25) is 4.18 Å². The van der Waals surface area contributed by atoms with Crippen molar-refractivity contribution in [1.82, 2.24) is 0 Å². The Hall–Kier alpha value is -1.47. The summed E-state index contributed by atoms with van der Waals surface area (Å²) in [5, 5.41) is 2.16. The van der Waals surface area contributed by atoms with E-state index in [1.54, 1.807) is 6.92 Å². The third-order valence-corrected chi connectivity index (χ3v) is 9.97. The summed E-state index contributed by atoms with van der Waals surface area (Å²) in [6.45, 7) is 8.48. The molecule has 0 aliphatic carbocycles. The van der Waals surface area contributed by atoms with Gasteiger partial charge in [0.25, 0.3) is 18.4 Å². The number of hydrogen-bond acceptors (Lipinski definition) is 4. The van der Waals surface area contributed by atoms with Crippen LogP contribution in [0.15, 0.2) is 60.7 Å². The SMILES string of the molecule is C[C@@H](CO[Si](c1ccccc1)(c1ccccc1)C(C)(C)C)OS(C)(=O)=O. The summed E-state index contributed by atoms with van der Waals surface area (Å²) in [4.78, 5) is 0. The van der Waals surface area contributed by atoms with Gasteiger partial charge in [-0.1, -0.05) is 81.4 Å². The Labute approximate surface area is 158 Å². The minimum absolute atomic E-state index is 0.152. The molecule has 1 atom stereocenters. The zero-order valence-electron chi connectivity index (χ0n) is 16.1. The van der Waals surface area contributed by atoms with Crippen LogP contribution < -0.4 is 10.4 Å². The van der Waals surface area contributed by atoms with Crippen molar-refractivity contribution in [2.75, 3.05) is 12.9 Å². The fourth-order valence-electron chi connectivity index (χ4n) is 3.33. The van der Waals surface area contributed by atoms with Crippen molar-refractivity contribution in [2.24, 2.45) is 0 Å². The molecule has 0 aliphatic rings. The lowest BCUT2D eigenvalue weighted by atomic mass is 10.2. The van der Waals surface area contributed by atoms with Crippen LogP contribution in [0.3, 0.4) is 0 Å². The summed E-state index contributed by atoms with van der Waals surface area (Å²) in [5.41, 5.74) is 0. The number of hydrogen-bond donors (Lipinski definition) is 0. The third kappa shape index (κ3) is 4.82. The average Bonchev–Trinajstić information content (AvgIpc) is 2.54. The van der Waals surface area contributed by atoms with E-state index in [0.29, 0.717) is 0 Å². The Balaban J connectivity index is 2.51. The summed E-state index contributed by atoms with van der Waals surface area (Å²) in [7, 11) is -6.18. The molecule has 0 radical (unpaired) electrons. The predicted molar refractivity (Wildman–Crippen MR) is 109 cm³/mol. The van der Waals surface area contributed by atoms with Crippen LogP contribution in [0, 0.1) is 0 Å². The molecule has 0 unspecified atom stereocenters. The van der Waals surface area contributed by atoms with Gasteiger partial charge in [0.15, 0.2) is 0 Å². The predicted octanol–water partition coefficient (Wildman–Crippen LogP) is 2.93. The Morgan fingerprint density at radius 2 is 1.35 bits per heavy atom. The van der Waals surface area contributed by atoms with E-state index in [-0.39, 0.29) is 11.6 Å². The van der Waals surface area contributed by atoms with E-state index in [2.05, 4.69) is 45.0 Å². The van der Waals surface area contributed by atoms with Gasteiger partial charge in [0.2, 0.25) is 0 Å². The molecule has 0 N–H and O–H groups in total. The first-order chi connectivity index (χ1) is 12.1.